The molecule has 1 fully saturated rings. The van der Waals surface area contributed by atoms with Crippen LogP contribution in [-0.4, -0.2) is 12.1 Å². The van der Waals surface area contributed by atoms with Gasteiger partial charge in [-0.15, -0.1) is 0 Å². The van der Waals surface area contributed by atoms with Crippen molar-refractivity contribution in [2.45, 2.75) is 58.4 Å². The van der Waals surface area contributed by atoms with Crippen molar-refractivity contribution in [2.24, 2.45) is 5.92 Å². The molecule has 1 aliphatic heterocycles. The Bertz CT molecular complexity index is 348. The van der Waals surface area contributed by atoms with Gasteiger partial charge in [-0.25, -0.2) is 0 Å². The number of aryl methyl sites for hydroxylation is 1. The molecule has 1 atom stereocenters. The zero-order valence-corrected chi connectivity index (χ0v) is 11.4. The summed E-state index contributed by atoms with van der Waals surface area (Å²) in [5, 5.41) is 3.72. The highest BCUT2D eigenvalue weighted by molar-refractivity contribution is 5.12. The molecule has 2 rings (SSSR count). The van der Waals surface area contributed by atoms with Crippen molar-refractivity contribution < 1.29 is 4.42 Å². The molecule has 1 aromatic rings. The molecule has 1 saturated heterocycles. The molecule has 1 aromatic heterocycles. The Labute approximate surface area is 105 Å². The fourth-order valence-electron chi connectivity index (χ4n) is 3.09. The van der Waals surface area contributed by atoms with E-state index in [9.17, 15) is 0 Å². The van der Waals surface area contributed by atoms with Gasteiger partial charge in [0.05, 0.1) is 0 Å². The van der Waals surface area contributed by atoms with Gasteiger partial charge in [-0.05, 0) is 43.9 Å². The lowest BCUT2D eigenvalue weighted by atomic mass is 9.84. The lowest BCUT2D eigenvalue weighted by Crippen LogP contribution is -2.43. The topological polar surface area (TPSA) is 25.2 Å². The van der Waals surface area contributed by atoms with Crippen LogP contribution in [0.4, 0.5) is 0 Å². The Hall–Kier alpha value is -0.760. The monoisotopic (exact) mass is 235 g/mol. The average Bonchev–Trinajstić information content (AvgIpc) is 2.87. The summed E-state index contributed by atoms with van der Waals surface area (Å²) in [6, 6.07) is 4.27. The van der Waals surface area contributed by atoms with E-state index in [0.717, 1.165) is 36.8 Å². The molecule has 2 heteroatoms. The van der Waals surface area contributed by atoms with Gasteiger partial charge in [0.25, 0.3) is 0 Å². The number of hydrogen-bond donors (Lipinski definition) is 1. The van der Waals surface area contributed by atoms with E-state index in [1.165, 1.54) is 19.3 Å². The Morgan fingerprint density at radius 1 is 1.35 bits per heavy atom. The minimum absolute atomic E-state index is 0.289. The Morgan fingerprint density at radius 3 is 2.65 bits per heavy atom. The molecular weight excluding hydrogens is 210 g/mol. The first-order valence-electron chi connectivity index (χ1n) is 6.96. The summed E-state index contributed by atoms with van der Waals surface area (Å²) in [6.45, 7) is 7.91. The molecule has 96 valence electrons. The molecule has 2 heterocycles. The molecule has 1 unspecified atom stereocenters. The summed E-state index contributed by atoms with van der Waals surface area (Å²) in [7, 11) is 0. The number of rotatable bonds is 5. The smallest absolute Gasteiger partial charge is 0.106 e. The molecule has 1 aliphatic rings. The van der Waals surface area contributed by atoms with E-state index in [0.29, 0.717) is 0 Å². The van der Waals surface area contributed by atoms with E-state index < -0.39 is 0 Å². The van der Waals surface area contributed by atoms with Crippen molar-refractivity contribution in [3.05, 3.63) is 23.7 Å². The van der Waals surface area contributed by atoms with Gasteiger partial charge < -0.3 is 9.73 Å². The van der Waals surface area contributed by atoms with Gasteiger partial charge in [0.2, 0.25) is 0 Å². The summed E-state index contributed by atoms with van der Waals surface area (Å²) in [5.74, 6) is 3.00. The van der Waals surface area contributed by atoms with E-state index >= 15 is 0 Å². The van der Waals surface area contributed by atoms with Gasteiger partial charge in [0.15, 0.2) is 0 Å². The second-order valence-electron chi connectivity index (χ2n) is 5.81. The van der Waals surface area contributed by atoms with Crippen molar-refractivity contribution in [3.8, 4) is 0 Å². The van der Waals surface area contributed by atoms with Crippen molar-refractivity contribution >= 4 is 0 Å². The molecule has 0 bridgehead atoms. The normalized spacial score (nSPS) is 24.7. The van der Waals surface area contributed by atoms with Crippen LogP contribution in [0.3, 0.4) is 0 Å². The lowest BCUT2D eigenvalue weighted by Gasteiger charge is -2.30. The minimum atomic E-state index is 0.289. The van der Waals surface area contributed by atoms with Crippen LogP contribution in [0.5, 0.6) is 0 Å². The molecule has 1 N–H and O–H groups in total. The number of hydrogen-bond acceptors (Lipinski definition) is 2. The maximum atomic E-state index is 5.86. The highest BCUT2D eigenvalue weighted by Crippen LogP contribution is 2.31. The number of furan rings is 1. The standard InChI is InChI=1S/C15H25NO/c1-4-13-6-7-14(17-13)11-15(10-12(2)3)8-5-9-16-15/h6-7,12,16H,4-5,8-11H2,1-3H3. The zero-order valence-electron chi connectivity index (χ0n) is 11.4. The van der Waals surface area contributed by atoms with Crippen LogP contribution in [0.2, 0.25) is 0 Å². The summed E-state index contributed by atoms with van der Waals surface area (Å²) < 4.78 is 5.86. The van der Waals surface area contributed by atoms with Gasteiger partial charge in [-0.3, -0.25) is 0 Å². The van der Waals surface area contributed by atoms with Crippen molar-refractivity contribution in [1.82, 2.24) is 5.32 Å². The summed E-state index contributed by atoms with van der Waals surface area (Å²) in [4.78, 5) is 0. The molecule has 2 nitrogen and oxygen atoms in total. The van der Waals surface area contributed by atoms with Crippen LogP contribution >= 0.6 is 0 Å². The van der Waals surface area contributed by atoms with Gasteiger partial charge in [-0.2, -0.15) is 0 Å². The molecule has 17 heavy (non-hydrogen) atoms. The third-order valence-corrected chi connectivity index (χ3v) is 3.71. The zero-order chi connectivity index (χ0) is 12.3. The second kappa shape index (κ2) is 5.26. The van der Waals surface area contributed by atoms with Crippen molar-refractivity contribution in [1.29, 1.82) is 0 Å². The van der Waals surface area contributed by atoms with Gasteiger partial charge in [-0.1, -0.05) is 20.8 Å². The third-order valence-electron chi connectivity index (χ3n) is 3.71. The largest absolute Gasteiger partial charge is 0.466 e. The van der Waals surface area contributed by atoms with E-state index in [1.807, 2.05) is 0 Å². The first kappa shape index (κ1) is 12.7. The molecule has 0 amide bonds. The summed E-state index contributed by atoms with van der Waals surface area (Å²) in [5.41, 5.74) is 0.289. The van der Waals surface area contributed by atoms with E-state index in [4.69, 9.17) is 4.42 Å². The van der Waals surface area contributed by atoms with E-state index in [1.54, 1.807) is 0 Å². The molecule has 0 aromatic carbocycles. The van der Waals surface area contributed by atoms with Crippen molar-refractivity contribution in [2.75, 3.05) is 6.54 Å². The van der Waals surface area contributed by atoms with E-state index in [2.05, 4.69) is 38.2 Å². The molecule has 0 radical (unpaired) electrons. The summed E-state index contributed by atoms with van der Waals surface area (Å²) >= 11 is 0. The Balaban J connectivity index is 2.06. The predicted octanol–water partition coefficient (Wildman–Crippen LogP) is 3.55. The molecule has 0 saturated carbocycles. The quantitative estimate of drug-likeness (QED) is 0.844. The lowest BCUT2D eigenvalue weighted by molar-refractivity contribution is 0.280. The maximum Gasteiger partial charge on any atom is 0.106 e. The van der Waals surface area contributed by atoms with Gasteiger partial charge in [0, 0.05) is 18.4 Å². The SMILES string of the molecule is CCc1ccc(CC2(CC(C)C)CCCN2)o1. The fraction of sp³-hybridized carbons (Fsp3) is 0.733. The van der Waals surface area contributed by atoms with Crippen LogP contribution < -0.4 is 5.32 Å². The fourth-order valence-corrected chi connectivity index (χ4v) is 3.09. The van der Waals surface area contributed by atoms with Crippen LogP contribution in [-0.2, 0) is 12.8 Å². The first-order valence-corrected chi connectivity index (χ1v) is 6.96. The molecule has 0 aliphatic carbocycles. The summed E-state index contributed by atoms with van der Waals surface area (Å²) in [6.07, 6.45) is 5.87. The van der Waals surface area contributed by atoms with E-state index in [-0.39, 0.29) is 5.54 Å². The highest BCUT2D eigenvalue weighted by atomic mass is 16.3. The first-order chi connectivity index (χ1) is 8.13. The molecule has 0 spiro atoms. The maximum absolute atomic E-state index is 5.86. The van der Waals surface area contributed by atoms with Gasteiger partial charge in [0.1, 0.15) is 11.5 Å². The van der Waals surface area contributed by atoms with Gasteiger partial charge >= 0.3 is 0 Å². The van der Waals surface area contributed by atoms with Crippen LogP contribution in [0.1, 0.15) is 51.6 Å². The van der Waals surface area contributed by atoms with Crippen LogP contribution in [0, 0.1) is 5.92 Å². The third kappa shape index (κ3) is 3.12. The molecular formula is C15H25NO. The Morgan fingerprint density at radius 2 is 2.12 bits per heavy atom. The van der Waals surface area contributed by atoms with Crippen LogP contribution in [0.25, 0.3) is 0 Å². The van der Waals surface area contributed by atoms with Crippen LogP contribution in [0.15, 0.2) is 16.5 Å². The Kier molecular flexibility index (Phi) is 3.93. The predicted molar refractivity (Wildman–Crippen MR) is 71.2 cm³/mol. The average molecular weight is 235 g/mol. The van der Waals surface area contributed by atoms with Crippen molar-refractivity contribution in [3.63, 3.8) is 0 Å². The number of nitrogens with one attached hydrogen (secondary N) is 1. The second-order valence-corrected chi connectivity index (χ2v) is 5.81. The highest BCUT2D eigenvalue weighted by Gasteiger charge is 2.34. The minimum Gasteiger partial charge on any atom is -0.466 e.